The van der Waals surface area contributed by atoms with E-state index in [1.54, 1.807) is 0 Å². The molecule has 0 aromatic heterocycles. The van der Waals surface area contributed by atoms with Crippen LogP contribution in [0.3, 0.4) is 0 Å². The molecule has 3 rings (SSSR count). The Hall–Kier alpha value is -2.70. The van der Waals surface area contributed by atoms with Gasteiger partial charge in [0.1, 0.15) is 5.54 Å². The van der Waals surface area contributed by atoms with Gasteiger partial charge in [-0.15, -0.1) is 0 Å². The van der Waals surface area contributed by atoms with E-state index in [1.165, 1.54) is 6.92 Å². The van der Waals surface area contributed by atoms with Crippen LogP contribution in [0, 0.1) is 0 Å². The molecular formula is C14H13N3O4. The van der Waals surface area contributed by atoms with E-state index in [-0.39, 0.29) is 29.7 Å². The highest BCUT2D eigenvalue weighted by atomic mass is 16.2. The number of piperidine rings is 1. The molecular weight excluding hydrogens is 274 g/mol. The molecule has 7 heteroatoms. The molecule has 108 valence electrons. The van der Waals surface area contributed by atoms with Crippen molar-refractivity contribution in [2.24, 2.45) is 0 Å². The average Bonchev–Trinajstić information content (AvgIpc) is 2.79. The molecule has 1 aromatic rings. The molecule has 0 unspecified atom stereocenters. The first-order valence-corrected chi connectivity index (χ1v) is 6.23. The summed E-state index contributed by atoms with van der Waals surface area (Å²) in [5, 5.41) is 2.09. The van der Waals surface area contributed by atoms with Gasteiger partial charge >= 0.3 is 0 Å². The van der Waals surface area contributed by atoms with Crippen LogP contribution in [0.5, 0.6) is 0 Å². The van der Waals surface area contributed by atoms with Crippen molar-refractivity contribution in [2.75, 3.05) is 5.73 Å². The Bertz CT molecular complexity index is 807. The van der Waals surface area contributed by atoms with E-state index in [2.05, 4.69) is 5.32 Å². The first-order chi connectivity index (χ1) is 11.1. The van der Waals surface area contributed by atoms with Gasteiger partial charge in [0.25, 0.3) is 17.7 Å². The summed E-state index contributed by atoms with van der Waals surface area (Å²) in [5.41, 5.74) is 3.00. The second kappa shape index (κ2) is 4.15. The molecule has 3 N–H and O–H groups in total. The third-order valence-electron chi connectivity index (χ3n) is 3.81. The van der Waals surface area contributed by atoms with Crippen LogP contribution in [0.4, 0.5) is 5.69 Å². The van der Waals surface area contributed by atoms with Crippen molar-refractivity contribution in [1.82, 2.24) is 10.2 Å². The van der Waals surface area contributed by atoms with Gasteiger partial charge in [0.15, 0.2) is 0 Å². The molecule has 2 aliphatic heterocycles. The molecule has 2 aliphatic rings. The van der Waals surface area contributed by atoms with Gasteiger partial charge in [-0.2, -0.15) is 0 Å². The molecule has 4 amide bonds. The molecule has 1 atom stereocenters. The van der Waals surface area contributed by atoms with Crippen molar-refractivity contribution < 1.29 is 23.3 Å². The van der Waals surface area contributed by atoms with Crippen molar-refractivity contribution in [2.45, 2.75) is 25.3 Å². The number of anilines is 1. The molecule has 0 spiro atoms. The van der Waals surface area contributed by atoms with Gasteiger partial charge < -0.3 is 5.73 Å². The Balaban J connectivity index is 2.18. The van der Waals surface area contributed by atoms with Crippen LogP contribution in [0.25, 0.3) is 0 Å². The van der Waals surface area contributed by atoms with Crippen molar-refractivity contribution in [1.29, 1.82) is 0 Å². The third kappa shape index (κ3) is 1.67. The van der Waals surface area contributed by atoms with E-state index in [0.29, 0.717) is 4.90 Å². The molecule has 21 heavy (non-hydrogen) atoms. The van der Waals surface area contributed by atoms with Gasteiger partial charge in [-0.1, -0.05) is 6.04 Å². The van der Waals surface area contributed by atoms with E-state index in [9.17, 15) is 19.2 Å². The topological polar surface area (TPSA) is 110 Å². The van der Waals surface area contributed by atoms with Gasteiger partial charge in [0, 0.05) is 12.1 Å². The van der Waals surface area contributed by atoms with Crippen LogP contribution in [0.2, 0.25) is 0 Å². The quantitative estimate of drug-likeness (QED) is 0.561. The number of carbonyl (C=O) groups is 4. The predicted molar refractivity (Wildman–Crippen MR) is 72.1 cm³/mol. The number of imide groups is 2. The number of hydrogen-bond acceptors (Lipinski definition) is 5. The lowest BCUT2D eigenvalue weighted by Gasteiger charge is -2.38. The Morgan fingerprint density at radius 2 is 2.00 bits per heavy atom. The van der Waals surface area contributed by atoms with Crippen LogP contribution in [0.15, 0.2) is 18.1 Å². The maximum Gasteiger partial charge on any atom is 0.264 e. The number of fused-ring (bicyclic) bond motifs is 1. The van der Waals surface area contributed by atoms with Crippen LogP contribution in [-0.4, -0.2) is 34.1 Å². The zero-order chi connectivity index (χ0) is 18.0. The van der Waals surface area contributed by atoms with Crippen molar-refractivity contribution in [3.8, 4) is 0 Å². The lowest BCUT2D eigenvalue weighted by Crippen LogP contribution is -2.62. The van der Waals surface area contributed by atoms with Gasteiger partial charge in [-0.3, -0.25) is 29.4 Å². The largest absolute Gasteiger partial charge is 0.398 e. The Kier molecular flexibility index (Phi) is 1.99. The van der Waals surface area contributed by atoms with Gasteiger partial charge in [0.2, 0.25) is 5.91 Å². The predicted octanol–water partition coefficient (Wildman–Crippen LogP) is 0.0601. The van der Waals surface area contributed by atoms with Gasteiger partial charge in [-0.05, 0) is 25.4 Å². The average molecular weight is 290 g/mol. The third-order valence-corrected chi connectivity index (χ3v) is 3.81. The van der Waals surface area contributed by atoms with E-state index in [1.807, 2.05) is 0 Å². The molecule has 0 bridgehead atoms. The fourth-order valence-electron chi connectivity index (χ4n) is 2.57. The minimum Gasteiger partial charge on any atom is -0.398 e. The number of nitrogens with two attached hydrogens (primary N) is 1. The highest BCUT2D eigenvalue weighted by Gasteiger charge is 2.53. The SMILES string of the molecule is [2H]c1c([2H])c(N)c2c(c1[2H])C(=O)N([C@]1(C)CCC(=O)NC1=O)C2=O. The molecule has 7 nitrogen and oxygen atoms in total. The Morgan fingerprint density at radius 1 is 1.29 bits per heavy atom. The highest BCUT2D eigenvalue weighted by molar-refractivity contribution is 6.26. The molecule has 1 fully saturated rings. The maximum atomic E-state index is 12.7. The summed E-state index contributed by atoms with van der Waals surface area (Å²) in [6.45, 7) is 1.35. The second-order valence-corrected chi connectivity index (χ2v) is 5.14. The van der Waals surface area contributed by atoms with E-state index in [4.69, 9.17) is 9.85 Å². The minimum absolute atomic E-state index is 0.0494. The summed E-state index contributed by atoms with van der Waals surface area (Å²) in [7, 11) is 0. The standard InChI is InChI=1S/C14H13N3O4/c1-14(6-5-9(18)16-13(14)21)17-11(19)7-3-2-4-8(15)10(7)12(17)20/h2-4H,5-6,15H2,1H3,(H,16,18,21)/t14-/m1/s1/i2D,3D,4D. The van der Waals surface area contributed by atoms with Crippen LogP contribution in [-0.2, 0) is 9.59 Å². The number of nitrogens with one attached hydrogen (secondary N) is 1. The zero-order valence-corrected chi connectivity index (χ0v) is 11.1. The normalized spacial score (nSPS) is 27.1. The number of nitrogens with zero attached hydrogens (tertiary/aromatic N) is 1. The van der Waals surface area contributed by atoms with Crippen LogP contribution >= 0.6 is 0 Å². The summed E-state index contributed by atoms with van der Waals surface area (Å²) >= 11 is 0. The number of rotatable bonds is 1. The van der Waals surface area contributed by atoms with Crippen molar-refractivity contribution >= 4 is 29.3 Å². The fraction of sp³-hybridized carbons (Fsp3) is 0.286. The summed E-state index contributed by atoms with van der Waals surface area (Å²) in [6.07, 6.45) is -0.107. The molecule has 1 saturated heterocycles. The molecule has 1 aromatic carbocycles. The summed E-state index contributed by atoms with van der Waals surface area (Å²) < 4.78 is 23.2. The van der Waals surface area contributed by atoms with Crippen molar-refractivity contribution in [3.05, 3.63) is 29.3 Å². The van der Waals surface area contributed by atoms with Crippen molar-refractivity contribution in [3.63, 3.8) is 0 Å². The molecule has 2 heterocycles. The summed E-state index contributed by atoms with van der Waals surface area (Å²) in [6, 6.07) is -1.67. The molecule has 0 radical (unpaired) electrons. The second-order valence-electron chi connectivity index (χ2n) is 5.14. The lowest BCUT2D eigenvalue weighted by atomic mass is 9.89. The van der Waals surface area contributed by atoms with Gasteiger partial charge in [-0.25, -0.2) is 0 Å². The molecule has 0 aliphatic carbocycles. The summed E-state index contributed by atoms with van der Waals surface area (Å²) in [4.78, 5) is 49.6. The first kappa shape index (κ1) is 10.1. The van der Waals surface area contributed by atoms with Crippen LogP contribution < -0.4 is 11.1 Å². The first-order valence-electron chi connectivity index (χ1n) is 7.73. The Morgan fingerprint density at radius 3 is 2.67 bits per heavy atom. The lowest BCUT2D eigenvalue weighted by molar-refractivity contribution is -0.140. The monoisotopic (exact) mass is 290 g/mol. The smallest absolute Gasteiger partial charge is 0.264 e. The number of carbonyl (C=O) groups excluding carboxylic acids is 4. The Labute approximate surface area is 124 Å². The number of amides is 4. The molecule has 0 saturated carbocycles. The van der Waals surface area contributed by atoms with Crippen LogP contribution in [0.1, 0.15) is 44.6 Å². The fourth-order valence-corrected chi connectivity index (χ4v) is 2.57. The minimum atomic E-state index is -1.61. The highest BCUT2D eigenvalue weighted by Crippen LogP contribution is 2.35. The number of nitrogen functional groups attached to an aromatic ring is 1. The zero-order valence-electron chi connectivity index (χ0n) is 14.1. The van der Waals surface area contributed by atoms with E-state index < -0.39 is 47.3 Å². The summed E-state index contributed by atoms with van der Waals surface area (Å²) in [5.74, 6) is -3.12. The van der Waals surface area contributed by atoms with E-state index in [0.717, 1.165) is 0 Å². The van der Waals surface area contributed by atoms with E-state index >= 15 is 0 Å². The maximum absolute atomic E-state index is 12.7. The van der Waals surface area contributed by atoms with Gasteiger partial charge in [0.05, 0.1) is 15.2 Å². The number of hydrogen-bond donors (Lipinski definition) is 2. The number of benzene rings is 1.